The molecule has 9 heteroatoms. The Hall–Kier alpha value is -3.95. The van der Waals surface area contributed by atoms with Crippen LogP contribution in [-0.4, -0.2) is 38.9 Å². The summed E-state index contributed by atoms with van der Waals surface area (Å²) in [7, 11) is -3.78. The number of nitrogens with one attached hydrogen (secondary N) is 3. The van der Waals surface area contributed by atoms with Crippen LogP contribution in [0.3, 0.4) is 0 Å². The smallest absolute Gasteiger partial charge is 0.262 e. The average molecular weight is 589 g/mol. The molecule has 3 N–H and O–H groups in total. The highest BCUT2D eigenvalue weighted by atomic mass is 32.2. The summed E-state index contributed by atoms with van der Waals surface area (Å²) in [5, 5.41) is 4.83. The van der Waals surface area contributed by atoms with E-state index in [0.29, 0.717) is 31.4 Å². The zero-order valence-electron chi connectivity index (χ0n) is 24.2. The molecule has 222 valence electrons. The fourth-order valence-corrected chi connectivity index (χ4v) is 6.38. The maximum atomic E-state index is 13.5. The minimum Gasteiger partial charge on any atom is -0.348 e. The SMILES string of the molecule is CC(C)C[C@H](NS(=O)(=O)Cc1ccccc1)C(=O)NC(/C=C/C(=O)NN1CCc2ccccc21)CCc1ccccc1. The number of amides is 2. The normalized spacial score (nSPS) is 14.5. The molecule has 0 aliphatic carbocycles. The Balaban J connectivity index is 1.45. The summed E-state index contributed by atoms with van der Waals surface area (Å²) in [5.41, 5.74) is 6.83. The highest BCUT2D eigenvalue weighted by Gasteiger charge is 2.27. The molecule has 0 aromatic heterocycles. The average Bonchev–Trinajstić information content (AvgIpc) is 3.37. The molecular formula is C33H40N4O4S. The summed E-state index contributed by atoms with van der Waals surface area (Å²) in [6, 6.07) is 25.3. The van der Waals surface area contributed by atoms with E-state index in [9.17, 15) is 18.0 Å². The second kappa shape index (κ2) is 14.8. The van der Waals surface area contributed by atoms with Crippen molar-refractivity contribution in [1.29, 1.82) is 0 Å². The van der Waals surface area contributed by atoms with Gasteiger partial charge in [0.2, 0.25) is 15.9 Å². The van der Waals surface area contributed by atoms with E-state index in [1.165, 1.54) is 11.6 Å². The molecule has 8 nitrogen and oxygen atoms in total. The minimum atomic E-state index is -3.78. The number of rotatable bonds is 14. The van der Waals surface area contributed by atoms with Gasteiger partial charge in [0.1, 0.15) is 6.04 Å². The molecule has 3 aromatic carbocycles. The molecule has 1 aliphatic rings. The molecule has 3 aromatic rings. The third kappa shape index (κ3) is 9.56. The number of hydrazine groups is 1. The number of hydrogen-bond acceptors (Lipinski definition) is 5. The fourth-order valence-electron chi connectivity index (χ4n) is 5.03. The third-order valence-electron chi connectivity index (χ3n) is 7.07. The Morgan fingerprint density at radius 1 is 0.905 bits per heavy atom. The molecule has 2 amide bonds. The van der Waals surface area contributed by atoms with Crippen molar-refractivity contribution >= 4 is 27.5 Å². The van der Waals surface area contributed by atoms with Gasteiger partial charge in [0.15, 0.2) is 0 Å². The number of benzene rings is 3. The van der Waals surface area contributed by atoms with Gasteiger partial charge in [-0.2, -0.15) is 0 Å². The van der Waals surface area contributed by atoms with Crippen LogP contribution in [0.4, 0.5) is 5.69 Å². The van der Waals surface area contributed by atoms with Crippen LogP contribution < -0.4 is 20.5 Å². The van der Waals surface area contributed by atoms with Gasteiger partial charge < -0.3 is 5.32 Å². The maximum Gasteiger partial charge on any atom is 0.262 e. The Labute approximate surface area is 249 Å². The number of nitrogens with zero attached hydrogens (tertiary/aromatic N) is 1. The van der Waals surface area contributed by atoms with Crippen LogP contribution in [0.5, 0.6) is 0 Å². The van der Waals surface area contributed by atoms with Crippen LogP contribution in [0.1, 0.15) is 43.4 Å². The Morgan fingerprint density at radius 2 is 1.55 bits per heavy atom. The van der Waals surface area contributed by atoms with Crippen molar-refractivity contribution in [3.05, 3.63) is 114 Å². The molecule has 2 atom stereocenters. The van der Waals surface area contributed by atoms with E-state index in [1.807, 2.05) is 79.5 Å². The first-order chi connectivity index (χ1) is 20.2. The number of carbonyl (C=O) groups is 2. The highest BCUT2D eigenvalue weighted by Crippen LogP contribution is 2.25. The summed E-state index contributed by atoms with van der Waals surface area (Å²) in [4.78, 5) is 26.4. The van der Waals surface area contributed by atoms with E-state index < -0.39 is 28.0 Å². The molecule has 1 heterocycles. The molecule has 0 radical (unpaired) electrons. The van der Waals surface area contributed by atoms with Gasteiger partial charge >= 0.3 is 0 Å². The lowest BCUT2D eigenvalue weighted by atomic mass is 10.0. The number of sulfonamides is 1. The van der Waals surface area contributed by atoms with Gasteiger partial charge in [-0.15, -0.1) is 0 Å². The molecule has 0 saturated heterocycles. The summed E-state index contributed by atoms with van der Waals surface area (Å²) in [5.74, 6) is -0.857. The summed E-state index contributed by atoms with van der Waals surface area (Å²) in [6.45, 7) is 4.58. The molecule has 0 bridgehead atoms. The maximum absolute atomic E-state index is 13.5. The lowest BCUT2D eigenvalue weighted by Gasteiger charge is -2.23. The fraction of sp³-hybridized carbons (Fsp3) is 0.333. The molecule has 42 heavy (non-hydrogen) atoms. The van der Waals surface area contributed by atoms with Crippen molar-refractivity contribution in [2.75, 3.05) is 11.6 Å². The van der Waals surface area contributed by atoms with Crippen molar-refractivity contribution < 1.29 is 18.0 Å². The van der Waals surface area contributed by atoms with E-state index in [2.05, 4.69) is 15.5 Å². The van der Waals surface area contributed by atoms with Crippen molar-refractivity contribution in [3.8, 4) is 0 Å². The van der Waals surface area contributed by atoms with Gasteiger partial charge in [-0.05, 0) is 54.4 Å². The standard InChI is InChI=1S/C33H40N4O4S/c1-25(2)23-30(36-42(40,41)24-27-13-7-4-8-14-27)33(39)34-29(18-17-26-11-5-3-6-12-26)19-20-32(38)35-37-22-21-28-15-9-10-16-31(28)37/h3-16,19-20,25,29-30,36H,17-18,21-24H2,1-2H3,(H,34,39)(H,35,38)/b20-19+/t29?,30-/m0/s1. The van der Waals surface area contributed by atoms with Gasteiger partial charge in [0, 0.05) is 18.7 Å². The first-order valence-electron chi connectivity index (χ1n) is 14.4. The van der Waals surface area contributed by atoms with Crippen molar-refractivity contribution in [1.82, 2.24) is 15.5 Å². The first kappa shape index (κ1) is 31.0. The predicted molar refractivity (Wildman–Crippen MR) is 167 cm³/mol. The second-order valence-corrected chi connectivity index (χ2v) is 12.8. The van der Waals surface area contributed by atoms with Crippen LogP contribution >= 0.6 is 0 Å². The molecule has 0 spiro atoms. The van der Waals surface area contributed by atoms with Crippen LogP contribution in [0, 0.1) is 5.92 Å². The molecular weight excluding hydrogens is 548 g/mol. The summed E-state index contributed by atoms with van der Waals surface area (Å²) >= 11 is 0. The molecule has 1 aliphatic heterocycles. The quantitative estimate of drug-likeness (QED) is 0.244. The lowest BCUT2D eigenvalue weighted by Crippen LogP contribution is -2.50. The van der Waals surface area contributed by atoms with Crippen molar-refractivity contribution in [2.45, 2.75) is 57.4 Å². The first-order valence-corrected chi connectivity index (χ1v) is 16.1. The Kier molecular flexibility index (Phi) is 10.9. The molecule has 0 fully saturated rings. The monoisotopic (exact) mass is 588 g/mol. The molecule has 1 unspecified atom stereocenters. The van der Waals surface area contributed by atoms with E-state index in [-0.39, 0.29) is 17.6 Å². The number of fused-ring (bicyclic) bond motifs is 1. The van der Waals surface area contributed by atoms with Crippen LogP contribution in [-0.2, 0) is 38.2 Å². The Morgan fingerprint density at radius 3 is 2.24 bits per heavy atom. The minimum absolute atomic E-state index is 0.0765. The highest BCUT2D eigenvalue weighted by molar-refractivity contribution is 7.88. The topological polar surface area (TPSA) is 108 Å². The van der Waals surface area contributed by atoms with Crippen LogP contribution in [0.2, 0.25) is 0 Å². The van der Waals surface area contributed by atoms with E-state index in [4.69, 9.17) is 0 Å². The van der Waals surface area contributed by atoms with Gasteiger partial charge in [0.05, 0.1) is 11.4 Å². The van der Waals surface area contributed by atoms with Gasteiger partial charge in [-0.1, -0.05) is 98.8 Å². The third-order valence-corrected chi connectivity index (χ3v) is 8.43. The van der Waals surface area contributed by atoms with Crippen molar-refractivity contribution in [3.63, 3.8) is 0 Å². The zero-order chi connectivity index (χ0) is 30.0. The second-order valence-electron chi connectivity index (χ2n) is 11.0. The number of para-hydroxylation sites is 1. The lowest BCUT2D eigenvalue weighted by molar-refractivity contribution is -0.123. The van der Waals surface area contributed by atoms with Gasteiger partial charge in [0.25, 0.3) is 5.91 Å². The largest absolute Gasteiger partial charge is 0.348 e. The van der Waals surface area contributed by atoms with E-state index >= 15 is 0 Å². The molecule has 0 saturated carbocycles. The number of carbonyl (C=O) groups excluding carboxylic acids is 2. The Bertz CT molecular complexity index is 1460. The zero-order valence-corrected chi connectivity index (χ0v) is 25.0. The van der Waals surface area contributed by atoms with Crippen LogP contribution in [0.15, 0.2) is 97.1 Å². The van der Waals surface area contributed by atoms with Gasteiger partial charge in [-0.25, -0.2) is 13.1 Å². The number of aryl methyl sites for hydroxylation is 1. The van der Waals surface area contributed by atoms with E-state index in [1.54, 1.807) is 30.3 Å². The van der Waals surface area contributed by atoms with Gasteiger partial charge in [-0.3, -0.25) is 20.0 Å². The van der Waals surface area contributed by atoms with Crippen LogP contribution in [0.25, 0.3) is 0 Å². The van der Waals surface area contributed by atoms with E-state index in [0.717, 1.165) is 17.7 Å². The number of hydrogen-bond donors (Lipinski definition) is 3. The summed E-state index contributed by atoms with van der Waals surface area (Å²) in [6.07, 6.45) is 5.52. The van der Waals surface area contributed by atoms with Crippen molar-refractivity contribution in [2.24, 2.45) is 5.92 Å². The molecule has 4 rings (SSSR count). The predicted octanol–water partition coefficient (Wildman–Crippen LogP) is 4.29. The summed E-state index contributed by atoms with van der Waals surface area (Å²) < 4.78 is 28.6. The number of anilines is 1.